The van der Waals surface area contributed by atoms with Crippen LogP contribution in [0.3, 0.4) is 0 Å². The van der Waals surface area contributed by atoms with E-state index in [4.69, 9.17) is 11.6 Å². The topological polar surface area (TPSA) is 37.8 Å². The molecule has 0 aliphatic rings. The fourth-order valence-electron chi connectivity index (χ4n) is 1.46. The molecule has 0 aliphatic carbocycles. The van der Waals surface area contributed by atoms with Gasteiger partial charge in [-0.15, -0.1) is 0 Å². The standard InChI is InChI=1S/C12H11ClFN3/c1-7-5-11(15-2)17-12(16-7)8-3-4-9(13)10(14)6-8/h3-6H,1-2H3,(H,15,16,17). The SMILES string of the molecule is CNc1cc(C)nc(-c2ccc(Cl)c(F)c2)n1. The summed E-state index contributed by atoms with van der Waals surface area (Å²) in [6, 6.07) is 6.34. The Kier molecular flexibility index (Phi) is 3.24. The fraction of sp³-hybridized carbons (Fsp3) is 0.167. The van der Waals surface area contributed by atoms with Crippen LogP contribution in [0.5, 0.6) is 0 Å². The van der Waals surface area contributed by atoms with E-state index in [0.29, 0.717) is 17.2 Å². The second kappa shape index (κ2) is 4.67. The second-order valence-corrected chi connectivity index (χ2v) is 4.00. The van der Waals surface area contributed by atoms with Crippen LogP contribution in [-0.4, -0.2) is 17.0 Å². The number of nitrogens with one attached hydrogen (secondary N) is 1. The molecule has 0 spiro atoms. The lowest BCUT2D eigenvalue weighted by molar-refractivity contribution is 0.628. The van der Waals surface area contributed by atoms with Gasteiger partial charge in [0, 0.05) is 24.4 Å². The lowest BCUT2D eigenvalue weighted by Crippen LogP contribution is -1.98. The maximum Gasteiger partial charge on any atom is 0.161 e. The van der Waals surface area contributed by atoms with Crippen molar-refractivity contribution in [1.82, 2.24) is 9.97 Å². The molecule has 0 atom stereocenters. The van der Waals surface area contributed by atoms with Crippen molar-refractivity contribution < 1.29 is 4.39 Å². The molecule has 0 saturated carbocycles. The molecule has 1 heterocycles. The molecule has 2 aromatic rings. The fourth-order valence-corrected chi connectivity index (χ4v) is 1.58. The molecule has 1 N–H and O–H groups in total. The average Bonchev–Trinajstić information content (AvgIpc) is 2.32. The molecular formula is C12H11ClFN3. The van der Waals surface area contributed by atoms with Gasteiger partial charge in [0.1, 0.15) is 11.6 Å². The van der Waals surface area contributed by atoms with E-state index in [0.717, 1.165) is 5.69 Å². The normalized spacial score (nSPS) is 10.4. The molecule has 2 rings (SSSR count). The zero-order valence-electron chi connectivity index (χ0n) is 9.46. The van der Waals surface area contributed by atoms with Gasteiger partial charge in [-0.25, -0.2) is 14.4 Å². The van der Waals surface area contributed by atoms with E-state index in [2.05, 4.69) is 15.3 Å². The predicted octanol–water partition coefficient (Wildman–Crippen LogP) is 3.29. The average molecular weight is 252 g/mol. The number of hydrogen-bond acceptors (Lipinski definition) is 3. The van der Waals surface area contributed by atoms with Crippen molar-refractivity contribution in [2.75, 3.05) is 12.4 Å². The highest BCUT2D eigenvalue weighted by atomic mass is 35.5. The Bertz CT molecular complexity index is 557. The summed E-state index contributed by atoms with van der Waals surface area (Å²) >= 11 is 5.63. The molecule has 0 bridgehead atoms. The van der Waals surface area contributed by atoms with Crippen LogP contribution in [0.1, 0.15) is 5.69 Å². The van der Waals surface area contributed by atoms with Crippen molar-refractivity contribution >= 4 is 17.4 Å². The molecule has 0 fully saturated rings. The highest BCUT2D eigenvalue weighted by molar-refractivity contribution is 6.30. The van der Waals surface area contributed by atoms with E-state index in [-0.39, 0.29) is 5.02 Å². The third kappa shape index (κ3) is 2.53. The van der Waals surface area contributed by atoms with Gasteiger partial charge in [0.05, 0.1) is 5.02 Å². The van der Waals surface area contributed by atoms with Crippen molar-refractivity contribution in [3.63, 3.8) is 0 Å². The number of nitrogens with zero attached hydrogens (tertiary/aromatic N) is 2. The number of aryl methyl sites for hydroxylation is 1. The summed E-state index contributed by atoms with van der Waals surface area (Å²) in [6.45, 7) is 1.86. The summed E-state index contributed by atoms with van der Waals surface area (Å²) in [5, 5.41) is 3.03. The van der Waals surface area contributed by atoms with E-state index in [9.17, 15) is 4.39 Å². The van der Waals surface area contributed by atoms with Crippen LogP contribution in [0, 0.1) is 12.7 Å². The molecule has 0 radical (unpaired) electrons. The van der Waals surface area contributed by atoms with E-state index >= 15 is 0 Å². The van der Waals surface area contributed by atoms with Gasteiger partial charge in [-0.3, -0.25) is 0 Å². The molecule has 0 unspecified atom stereocenters. The Morgan fingerprint density at radius 3 is 2.65 bits per heavy atom. The Labute approximate surface area is 104 Å². The molecule has 0 amide bonds. The van der Waals surface area contributed by atoms with Gasteiger partial charge >= 0.3 is 0 Å². The number of rotatable bonds is 2. The van der Waals surface area contributed by atoms with E-state index in [1.165, 1.54) is 12.1 Å². The van der Waals surface area contributed by atoms with E-state index < -0.39 is 5.82 Å². The Balaban J connectivity index is 2.52. The van der Waals surface area contributed by atoms with Gasteiger partial charge < -0.3 is 5.32 Å². The van der Waals surface area contributed by atoms with Crippen LogP contribution < -0.4 is 5.32 Å². The van der Waals surface area contributed by atoms with Gasteiger partial charge in [-0.05, 0) is 25.1 Å². The maximum absolute atomic E-state index is 13.3. The number of anilines is 1. The third-order valence-electron chi connectivity index (χ3n) is 2.29. The van der Waals surface area contributed by atoms with Crippen molar-refractivity contribution in [3.05, 3.63) is 40.8 Å². The predicted molar refractivity (Wildman–Crippen MR) is 66.7 cm³/mol. The molecule has 5 heteroatoms. The monoisotopic (exact) mass is 251 g/mol. The summed E-state index contributed by atoms with van der Waals surface area (Å²) in [4.78, 5) is 8.52. The molecule has 3 nitrogen and oxygen atoms in total. The van der Waals surface area contributed by atoms with Gasteiger partial charge in [-0.2, -0.15) is 0 Å². The lowest BCUT2D eigenvalue weighted by Gasteiger charge is -2.06. The van der Waals surface area contributed by atoms with Crippen LogP contribution in [0.4, 0.5) is 10.2 Å². The summed E-state index contributed by atoms with van der Waals surface area (Å²) in [5.41, 5.74) is 1.42. The number of aromatic nitrogens is 2. The summed E-state index contributed by atoms with van der Waals surface area (Å²) in [6.07, 6.45) is 0. The minimum atomic E-state index is -0.472. The number of halogens is 2. The van der Waals surface area contributed by atoms with Gasteiger partial charge in [0.2, 0.25) is 0 Å². The first-order valence-electron chi connectivity index (χ1n) is 5.09. The van der Waals surface area contributed by atoms with E-state index in [1.54, 1.807) is 13.1 Å². The smallest absolute Gasteiger partial charge is 0.161 e. The van der Waals surface area contributed by atoms with Crippen LogP contribution in [0.15, 0.2) is 24.3 Å². The zero-order valence-corrected chi connectivity index (χ0v) is 10.2. The quantitative estimate of drug-likeness (QED) is 0.890. The molecule has 88 valence electrons. The highest BCUT2D eigenvalue weighted by Crippen LogP contribution is 2.22. The van der Waals surface area contributed by atoms with Crippen molar-refractivity contribution in [3.8, 4) is 11.4 Å². The Hall–Kier alpha value is -1.68. The van der Waals surface area contributed by atoms with Crippen molar-refractivity contribution in [2.45, 2.75) is 6.92 Å². The minimum Gasteiger partial charge on any atom is -0.373 e. The molecule has 17 heavy (non-hydrogen) atoms. The zero-order chi connectivity index (χ0) is 12.4. The molecule has 1 aromatic carbocycles. The van der Waals surface area contributed by atoms with E-state index in [1.807, 2.05) is 13.0 Å². The lowest BCUT2D eigenvalue weighted by atomic mass is 10.2. The number of benzene rings is 1. The largest absolute Gasteiger partial charge is 0.373 e. The second-order valence-electron chi connectivity index (χ2n) is 3.60. The van der Waals surface area contributed by atoms with Gasteiger partial charge in [0.25, 0.3) is 0 Å². The molecule has 0 aliphatic heterocycles. The summed E-state index contributed by atoms with van der Waals surface area (Å²) in [7, 11) is 1.77. The van der Waals surface area contributed by atoms with Crippen molar-refractivity contribution in [2.24, 2.45) is 0 Å². The summed E-state index contributed by atoms with van der Waals surface area (Å²) in [5.74, 6) is 0.702. The third-order valence-corrected chi connectivity index (χ3v) is 2.59. The van der Waals surface area contributed by atoms with Gasteiger partial charge in [-0.1, -0.05) is 11.6 Å². The Morgan fingerprint density at radius 2 is 2.00 bits per heavy atom. The maximum atomic E-state index is 13.3. The molecule has 1 aromatic heterocycles. The summed E-state index contributed by atoms with van der Waals surface area (Å²) < 4.78 is 13.3. The van der Waals surface area contributed by atoms with Crippen LogP contribution in [0.2, 0.25) is 5.02 Å². The van der Waals surface area contributed by atoms with Crippen LogP contribution in [-0.2, 0) is 0 Å². The first kappa shape index (κ1) is 11.8. The van der Waals surface area contributed by atoms with Crippen molar-refractivity contribution in [1.29, 1.82) is 0 Å². The van der Waals surface area contributed by atoms with Crippen LogP contribution >= 0.6 is 11.6 Å². The first-order chi connectivity index (χ1) is 8.10. The highest BCUT2D eigenvalue weighted by Gasteiger charge is 2.07. The Morgan fingerprint density at radius 1 is 1.24 bits per heavy atom. The minimum absolute atomic E-state index is 0.0928. The molecule has 0 saturated heterocycles. The molecular weight excluding hydrogens is 241 g/mol. The van der Waals surface area contributed by atoms with Gasteiger partial charge in [0.15, 0.2) is 5.82 Å². The first-order valence-corrected chi connectivity index (χ1v) is 5.47. The number of hydrogen-bond donors (Lipinski definition) is 1. The van der Waals surface area contributed by atoms with Crippen LogP contribution in [0.25, 0.3) is 11.4 Å².